The molecule has 0 atom stereocenters. The van der Waals surface area contributed by atoms with Crippen LogP contribution in [0.2, 0.25) is 0 Å². The number of aryl methyl sites for hydroxylation is 1. The van der Waals surface area contributed by atoms with Gasteiger partial charge in [-0.1, -0.05) is 0 Å². The fourth-order valence-corrected chi connectivity index (χ4v) is 3.27. The molecule has 0 fully saturated rings. The highest BCUT2D eigenvalue weighted by Gasteiger charge is 2.13. The Kier molecular flexibility index (Phi) is 5.17. The van der Waals surface area contributed by atoms with Gasteiger partial charge in [-0.25, -0.2) is 5.43 Å². The summed E-state index contributed by atoms with van der Waals surface area (Å²) in [5.41, 5.74) is 3.34. The zero-order valence-corrected chi connectivity index (χ0v) is 15.4. The Labute approximate surface area is 145 Å². The molecule has 1 amide bonds. The van der Waals surface area contributed by atoms with Crippen LogP contribution in [0, 0.1) is 0 Å². The maximum Gasteiger partial charge on any atom is 0.293 e. The van der Waals surface area contributed by atoms with Gasteiger partial charge in [0.05, 0.1) is 19.6 Å². The molecular formula is C12H9Br3N4O2. The number of aromatic hydroxyl groups is 1. The van der Waals surface area contributed by atoms with E-state index in [1.807, 2.05) is 0 Å². The lowest BCUT2D eigenvalue weighted by Crippen LogP contribution is -2.19. The number of hydrazone groups is 1. The number of amides is 1. The molecule has 2 aromatic rings. The van der Waals surface area contributed by atoms with Crippen molar-refractivity contribution in [3.8, 4) is 5.75 Å². The third-order valence-corrected chi connectivity index (χ3v) is 4.21. The van der Waals surface area contributed by atoms with Crippen LogP contribution in [0.5, 0.6) is 5.75 Å². The molecule has 0 aliphatic rings. The Morgan fingerprint density at radius 3 is 2.48 bits per heavy atom. The van der Waals surface area contributed by atoms with Crippen LogP contribution >= 0.6 is 47.8 Å². The Bertz CT molecular complexity index is 704. The van der Waals surface area contributed by atoms with E-state index in [0.29, 0.717) is 19.0 Å². The van der Waals surface area contributed by atoms with Crippen molar-refractivity contribution in [1.82, 2.24) is 15.2 Å². The van der Waals surface area contributed by atoms with Crippen molar-refractivity contribution in [3.05, 3.63) is 43.0 Å². The predicted molar refractivity (Wildman–Crippen MR) is 89.5 cm³/mol. The van der Waals surface area contributed by atoms with E-state index in [4.69, 9.17) is 0 Å². The van der Waals surface area contributed by atoms with Crippen LogP contribution in [0.4, 0.5) is 0 Å². The van der Waals surface area contributed by atoms with Gasteiger partial charge < -0.3 is 5.11 Å². The number of aromatic nitrogens is 2. The van der Waals surface area contributed by atoms with Gasteiger partial charge in [-0.2, -0.15) is 10.2 Å². The summed E-state index contributed by atoms with van der Waals surface area (Å²) >= 11 is 9.68. The number of phenols is 1. The fraction of sp³-hybridized carbons (Fsp3) is 0.0833. The van der Waals surface area contributed by atoms with Gasteiger partial charge in [-0.3, -0.25) is 9.48 Å². The molecule has 110 valence electrons. The van der Waals surface area contributed by atoms with Crippen molar-refractivity contribution in [2.75, 3.05) is 0 Å². The molecule has 0 unspecified atom stereocenters. The lowest BCUT2D eigenvalue weighted by atomic mass is 10.2. The quantitative estimate of drug-likeness (QED) is 0.523. The average molecular weight is 481 g/mol. The first kappa shape index (κ1) is 16.2. The van der Waals surface area contributed by atoms with Crippen LogP contribution < -0.4 is 5.43 Å². The van der Waals surface area contributed by atoms with Gasteiger partial charge in [-0.15, -0.1) is 0 Å². The molecule has 1 aromatic heterocycles. The van der Waals surface area contributed by atoms with Crippen LogP contribution in [0.25, 0.3) is 0 Å². The Morgan fingerprint density at radius 2 is 1.95 bits per heavy atom. The van der Waals surface area contributed by atoms with Gasteiger partial charge in [0.25, 0.3) is 5.91 Å². The van der Waals surface area contributed by atoms with E-state index >= 15 is 0 Å². The van der Waals surface area contributed by atoms with E-state index in [9.17, 15) is 9.90 Å². The smallest absolute Gasteiger partial charge is 0.293 e. The number of hydrogen-bond donors (Lipinski definition) is 2. The molecule has 2 rings (SSSR count). The molecule has 0 saturated carbocycles. The van der Waals surface area contributed by atoms with Gasteiger partial charge in [0.1, 0.15) is 5.75 Å². The highest BCUT2D eigenvalue weighted by molar-refractivity contribution is 9.11. The summed E-state index contributed by atoms with van der Waals surface area (Å²) in [5.74, 6) is -0.316. The molecule has 0 aliphatic carbocycles. The summed E-state index contributed by atoms with van der Waals surface area (Å²) in [4.78, 5) is 11.9. The maximum absolute atomic E-state index is 11.9. The largest absolute Gasteiger partial charge is 0.506 e. The molecule has 2 N–H and O–H groups in total. The van der Waals surface area contributed by atoms with Gasteiger partial charge in [0.15, 0.2) is 5.69 Å². The Hall–Kier alpha value is -1.19. The topological polar surface area (TPSA) is 79.5 Å². The number of phenolic OH excluding ortho intramolecular Hbond substituents is 1. The van der Waals surface area contributed by atoms with Crippen molar-refractivity contribution >= 4 is 59.9 Å². The van der Waals surface area contributed by atoms with Gasteiger partial charge in [-0.05, 0) is 65.5 Å². The molecule has 0 aliphatic heterocycles. The minimum atomic E-state index is -0.421. The van der Waals surface area contributed by atoms with Gasteiger partial charge in [0.2, 0.25) is 0 Å². The van der Waals surface area contributed by atoms with Crippen molar-refractivity contribution in [1.29, 1.82) is 0 Å². The summed E-state index contributed by atoms with van der Waals surface area (Å²) in [6.45, 7) is 0. The van der Waals surface area contributed by atoms with E-state index in [0.717, 1.165) is 0 Å². The van der Waals surface area contributed by atoms with Gasteiger partial charge >= 0.3 is 0 Å². The van der Waals surface area contributed by atoms with Crippen molar-refractivity contribution in [3.63, 3.8) is 0 Å². The van der Waals surface area contributed by atoms with Crippen LogP contribution in [0.15, 0.2) is 36.8 Å². The highest BCUT2D eigenvalue weighted by Crippen LogP contribution is 2.32. The minimum absolute atomic E-state index is 0.105. The van der Waals surface area contributed by atoms with E-state index in [1.165, 1.54) is 10.9 Å². The molecule has 6 nitrogen and oxygen atoms in total. The summed E-state index contributed by atoms with van der Waals surface area (Å²) in [7, 11) is 1.72. The molecule has 0 saturated heterocycles. The number of nitrogens with zero attached hydrogens (tertiary/aromatic N) is 3. The number of rotatable bonds is 3. The molecule has 0 bridgehead atoms. The zero-order chi connectivity index (χ0) is 15.6. The summed E-state index contributed by atoms with van der Waals surface area (Å²) in [6.07, 6.45) is 3.14. The van der Waals surface area contributed by atoms with E-state index < -0.39 is 5.91 Å². The Balaban J connectivity index is 2.09. The van der Waals surface area contributed by atoms with Crippen molar-refractivity contribution in [2.45, 2.75) is 0 Å². The standard InChI is InChI=1S/C12H9Br3N4O2/c1-19-5-9(15)10(18-19)12(21)17-16-4-6-2-7(13)11(20)8(14)3-6/h2-5,20H,1H3,(H,17,21). The van der Waals surface area contributed by atoms with Crippen LogP contribution in [0.1, 0.15) is 16.1 Å². The predicted octanol–water partition coefficient (Wildman–Crippen LogP) is 3.18. The summed E-state index contributed by atoms with van der Waals surface area (Å²) in [5, 5.41) is 17.5. The summed E-state index contributed by atoms with van der Waals surface area (Å²) in [6, 6.07) is 3.35. The van der Waals surface area contributed by atoms with Gasteiger partial charge in [0, 0.05) is 13.2 Å². The van der Waals surface area contributed by atoms with Crippen molar-refractivity contribution < 1.29 is 9.90 Å². The van der Waals surface area contributed by atoms with Crippen LogP contribution in [-0.4, -0.2) is 27.0 Å². The molecule has 1 aromatic carbocycles. The fourth-order valence-electron chi connectivity index (χ4n) is 1.49. The number of halogens is 3. The molecule has 0 spiro atoms. The number of carbonyl (C=O) groups excluding carboxylic acids is 1. The molecule has 1 heterocycles. The minimum Gasteiger partial charge on any atom is -0.506 e. The second-order valence-electron chi connectivity index (χ2n) is 4.03. The maximum atomic E-state index is 11.9. The summed E-state index contributed by atoms with van der Waals surface area (Å²) < 4.78 is 3.17. The first-order chi connectivity index (χ1) is 9.88. The lowest BCUT2D eigenvalue weighted by Gasteiger charge is -2.02. The van der Waals surface area contributed by atoms with Crippen LogP contribution in [-0.2, 0) is 7.05 Å². The van der Waals surface area contributed by atoms with Crippen LogP contribution in [0.3, 0.4) is 0 Å². The number of benzene rings is 1. The monoisotopic (exact) mass is 478 g/mol. The molecular weight excluding hydrogens is 472 g/mol. The van der Waals surface area contributed by atoms with Crippen molar-refractivity contribution in [2.24, 2.45) is 12.1 Å². The third-order valence-electron chi connectivity index (χ3n) is 2.42. The Morgan fingerprint density at radius 1 is 1.33 bits per heavy atom. The molecule has 0 radical (unpaired) electrons. The number of carbonyl (C=O) groups is 1. The second-order valence-corrected chi connectivity index (χ2v) is 6.59. The van der Waals surface area contributed by atoms with E-state index in [1.54, 1.807) is 25.4 Å². The third kappa shape index (κ3) is 3.92. The van der Waals surface area contributed by atoms with E-state index in [-0.39, 0.29) is 11.4 Å². The second kappa shape index (κ2) is 6.71. The highest BCUT2D eigenvalue weighted by atomic mass is 79.9. The normalized spacial score (nSPS) is 11.0. The zero-order valence-electron chi connectivity index (χ0n) is 10.6. The van der Waals surface area contributed by atoms with E-state index in [2.05, 4.69) is 63.4 Å². The number of hydrogen-bond acceptors (Lipinski definition) is 4. The lowest BCUT2D eigenvalue weighted by molar-refractivity contribution is 0.0948. The molecule has 9 heteroatoms. The SMILES string of the molecule is Cn1cc(Br)c(C(=O)NN=Cc2cc(Br)c(O)c(Br)c2)n1. The number of nitrogens with one attached hydrogen (secondary N) is 1. The first-order valence-corrected chi connectivity index (χ1v) is 7.97. The first-order valence-electron chi connectivity index (χ1n) is 5.59. The molecule has 21 heavy (non-hydrogen) atoms. The average Bonchev–Trinajstić information content (AvgIpc) is 2.75.